The maximum absolute atomic E-state index is 4.53. The van der Waals surface area contributed by atoms with Gasteiger partial charge in [-0.2, -0.15) is 0 Å². The van der Waals surface area contributed by atoms with Gasteiger partial charge in [-0.05, 0) is 5.57 Å². The monoisotopic (exact) mass is 328 g/mol. The molecule has 22 heavy (non-hydrogen) atoms. The summed E-state index contributed by atoms with van der Waals surface area (Å²) in [5.74, 6) is 0. The van der Waals surface area contributed by atoms with Gasteiger partial charge in [-0.3, -0.25) is 0 Å². The number of hydrogen-bond donors (Lipinski definition) is 0. The zero-order chi connectivity index (χ0) is 15.8. The summed E-state index contributed by atoms with van der Waals surface area (Å²) in [6.07, 6.45) is 12.9. The Bertz CT molecular complexity index is 730. The van der Waals surface area contributed by atoms with Crippen molar-refractivity contribution in [3.05, 3.63) is 57.5 Å². The van der Waals surface area contributed by atoms with E-state index in [4.69, 9.17) is 0 Å². The Balaban J connectivity index is 2.14. The van der Waals surface area contributed by atoms with Gasteiger partial charge in [0, 0.05) is 39.6 Å². The summed E-state index contributed by atoms with van der Waals surface area (Å²) >= 11 is 3.39. The van der Waals surface area contributed by atoms with Crippen molar-refractivity contribution in [2.75, 3.05) is 0 Å². The van der Waals surface area contributed by atoms with Crippen LogP contribution in [0, 0.1) is 10.8 Å². The third-order valence-corrected chi connectivity index (χ3v) is 5.39. The van der Waals surface area contributed by atoms with E-state index in [1.807, 2.05) is 23.2 Å². The Hall–Kier alpha value is -1.52. The van der Waals surface area contributed by atoms with Crippen molar-refractivity contribution in [1.29, 1.82) is 0 Å². The van der Waals surface area contributed by atoms with E-state index in [0.29, 0.717) is 0 Å². The third kappa shape index (κ3) is 3.13. The second-order valence-corrected chi connectivity index (χ2v) is 8.50. The number of nitrogens with zero attached hydrogens (tertiary/aromatic N) is 2. The van der Waals surface area contributed by atoms with Crippen LogP contribution >= 0.6 is 22.7 Å². The molecule has 0 saturated heterocycles. The number of rotatable bonds is 2. The molecule has 0 aromatic carbocycles. The number of aromatic nitrogens is 2. The lowest BCUT2D eigenvalue weighted by atomic mass is 9.76. The van der Waals surface area contributed by atoms with Crippen LogP contribution in [0.25, 0.3) is 11.1 Å². The van der Waals surface area contributed by atoms with Gasteiger partial charge >= 0.3 is 0 Å². The molecule has 0 aliphatic heterocycles. The molecule has 0 N–H and O–H groups in total. The van der Waals surface area contributed by atoms with Crippen molar-refractivity contribution < 1.29 is 0 Å². The molecule has 2 heterocycles. The average Bonchev–Trinajstić information content (AvgIpc) is 3.12. The van der Waals surface area contributed by atoms with E-state index in [1.54, 1.807) is 22.7 Å². The molecule has 0 spiro atoms. The van der Waals surface area contributed by atoms with Crippen molar-refractivity contribution in [3.63, 3.8) is 0 Å². The van der Waals surface area contributed by atoms with Gasteiger partial charge in [0.15, 0.2) is 0 Å². The highest BCUT2D eigenvalue weighted by atomic mass is 32.1. The van der Waals surface area contributed by atoms with Crippen LogP contribution in [0.1, 0.15) is 37.7 Å². The molecule has 2 aromatic rings. The van der Waals surface area contributed by atoms with Crippen molar-refractivity contribution in [1.82, 2.24) is 9.97 Å². The Morgan fingerprint density at radius 1 is 0.864 bits per heavy atom. The summed E-state index contributed by atoms with van der Waals surface area (Å²) in [4.78, 5) is 8.99. The number of allylic oxidation sites excluding steroid dienone is 6. The Morgan fingerprint density at radius 3 is 2.09 bits per heavy atom. The summed E-state index contributed by atoms with van der Waals surface area (Å²) < 4.78 is 0. The van der Waals surface area contributed by atoms with Gasteiger partial charge in [-0.1, -0.05) is 52.0 Å². The fourth-order valence-corrected chi connectivity index (χ4v) is 4.09. The summed E-state index contributed by atoms with van der Waals surface area (Å²) in [5.41, 5.74) is 2.37. The molecule has 0 saturated carbocycles. The highest BCUT2D eigenvalue weighted by Crippen LogP contribution is 2.43. The lowest BCUT2D eigenvalue weighted by Gasteiger charge is -2.29. The van der Waals surface area contributed by atoms with Crippen molar-refractivity contribution >= 4 is 33.8 Å². The molecule has 114 valence electrons. The zero-order valence-electron chi connectivity index (χ0n) is 13.3. The van der Waals surface area contributed by atoms with E-state index in [2.05, 4.69) is 62.0 Å². The van der Waals surface area contributed by atoms with Gasteiger partial charge in [0.2, 0.25) is 0 Å². The smallest absolute Gasteiger partial charge is 0.122 e. The molecule has 4 heteroatoms. The molecule has 0 atom stereocenters. The molecular formula is C18H20N2S2. The first-order chi connectivity index (χ1) is 10.4. The number of thiazole rings is 2. The minimum atomic E-state index is -0.0636. The summed E-state index contributed by atoms with van der Waals surface area (Å²) in [6.45, 7) is 8.97. The van der Waals surface area contributed by atoms with Crippen LogP contribution in [0.4, 0.5) is 0 Å². The maximum atomic E-state index is 4.53. The van der Waals surface area contributed by atoms with Crippen LogP contribution in [0.5, 0.6) is 0 Å². The molecule has 3 rings (SSSR count). The largest absolute Gasteiger partial charge is 0.245 e. The third-order valence-electron chi connectivity index (χ3n) is 3.76. The van der Waals surface area contributed by atoms with Gasteiger partial charge in [0.25, 0.3) is 0 Å². The van der Waals surface area contributed by atoms with E-state index in [1.165, 1.54) is 11.1 Å². The topological polar surface area (TPSA) is 25.8 Å². The second-order valence-electron chi connectivity index (χ2n) is 6.71. The highest BCUT2D eigenvalue weighted by Gasteiger charge is 2.28. The SMILES string of the molecule is CC1(C)/C=C(c2nccs2)\C=C/C(C)(C)/C(c2nccs2)=C\1. The summed E-state index contributed by atoms with van der Waals surface area (Å²) in [6, 6.07) is 0. The molecule has 1 aliphatic rings. The van der Waals surface area contributed by atoms with Crippen LogP contribution in [0.2, 0.25) is 0 Å². The van der Waals surface area contributed by atoms with Crippen molar-refractivity contribution in [2.45, 2.75) is 27.7 Å². The minimum absolute atomic E-state index is 0.0516. The van der Waals surface area contributed by atoms with Gasteiger partial charge in [-0.15, -0.1) is 22.7 Å². The molecule has 0 unspecified atom stereocenters. The fourth-order valence-electron chi connectivity index (χ4n) is 2.63. The molecule has 0 amide bonds. The van der Waals surface area contributed by atoms with Crippen LogP contribution < -0.4 is 0 Å². The van der Waals surface area contributed by atoms with E-state index in [-0.39, 0.29) is 10.8 Å². The Morgan fingerprint density at radius 2 is 1.50 bits per heavy atom. The number of hydrogen-bond acceptors (Lipinski definition) is 4. The van der Waals surface area contributed by atoms with Crippen LogP contribution in [-0.4, -0.2) is 9.97 Å². The molecular weight excluding hydrogens is 308 g/mol. The minimum Gasteiger partial charge on any atom is -0.245 e. The fraction of sp³-hybridized carbons (Fsp3) is 0.333. The predicted octanol–water partition coefficient (Wildman–Crippen LogP) is 5.69. The quantitative estimate of drug-likeness (QED) is 0.708. The predicted molar refractivity (Wildman–Crippen MR) is 96.9 cm³/mol. The Labute approximate surface area is 140 Å². The molecule has 2 nitrogen and oxygen atoms in total. The first kappa shape index (κ1) is 15.4. The average molecular weight is 329 g/mol. The first-order valence-corrected chi connectivity index (χ1v) is 9.08. The van der Waals surface area contributed by atoms with Crippen LogP contribution in [0.3, 0.4) is 0 Å². The summed E-state index contributed by atoms with van der Waals surface area (Å²) in [7, 11) is 0. The molecule has 0 fully saturated rings. The standard InChI is InChI=1S/C18H20N2S2/c1-17(2)11-13(15-19-7-9-21-15)5-6-18(3,4)14(12-17)16-20-8-10-22-16/h5-12H,1-4H3/b6-5-,13-11+,14-12-. The molecule has 2 aromatic heterocycles. The van der Waals surface area contributed by atoms with Gasteiger partial charge in [0.05, 0.1) is 0 Å². The molecule has 0 radical (unpaired) electrons. The van der Waals surface area contributed by atoms with Crippen LogP contribution in [0.15, 0.2) is 47.5 Å². The second kappa shape index (κ2) is 5.60. The zero-order valence-corrected chi connectivity index (χ0v) is 15.0. The van der Waals surface area contributed by atoms with E-state index < -0.39 is 0 Å². The van der Waals surface area contributed by atoms with E-state index in [9.17, 15) is 0 Å². The highest BCUT2D eigenvalue weighted by molar-refractivity contribution is 7.11. The van der Waals surface area contributed by atoms with Gasteiger partial charge in [-0.25, -0.2) is 9.97 Å². The lowest BCUT2D eigenvalue weighted by molar-refractivity contribution is 0.593. The van der Waals surface area contributed by atoms with Crippen LogP contribution in [-0.2, 0) is 0 Å². The first-order valence-electron chi connectivity index (χ1n) is 7.33. The lowest BCUT2D eigenvalue weighted by Crippen LogP contribution is -2.16. The normalized spacial score (nSPS) is 26.2. The summed E-state index contributed by atoms with van der Waals surface area (Å²) in [5, 5.41) is 6.25. The maximum Gasteiger partial charge on any atom is 0.122 e. The van der Waals surface area contributed by atoms with Crippen molar-refractivity contribution in [2.24, 2.45) is 10.8 Å². The van der Waals surface area contributed by atoms with Gasteiger partial charge in [0.1, 0.15) is 10.0 Å². The van der Waals surface area contributed by atoms with Crippen molar-refractivity contribution in [3.8, 4) is 0 Å². The van der Waals surface area contributed by atoms with E-state index in [0.717, 1.165) is 10.0 Å². The Kier molecular flexibility index (Phi) is 3.91. The molecule has 0 bridgehead atoms. The molecule has 1 aliphatic carbocycles. The van der Waals surface area contributed by atoms with E-state index >= 15 is 0 Å². The van der Waals surface area contributed by atoms with Gasteiger partial charge < -0.3 is 0 Å².